The number of rotatable bonds is 9. The van der Waals surface area contributed by atoms with E-state index in [0.29, 0.717) is 30.9 Å². The fourth-order valence-electron chi connectivity index (χ4n) is 5.13. The van der Waals surface area contributed by atoms with E-state index in [1.165, 1.54) is 0 Å². The number of halogens is 1. The lowest BCUT2D eigenvalue weighted by atomic mass is 9.91. The molecule has 1 aliphatic heterocycles. The first-order valence-electron chi connectivity index (χ1n) is 11.8. The average Bonchev–Trinajstić information content (AvgIpc) is 3.53. The van der Waals surface area contributed by atoms with E-state index in [9.17, 15) is 13.2 Å². The zero-order valence-electron chi connectivity index (χ0n) is 20.0. The molecule has 1 saturated carbocycles. The zero-order valence-corrected chi connectivity index (χ0v) is 20.8. The van der Waals surface area contributed by atoms with Crippen LogP contribution in [0.15, 0.2) is 48.5 Å². The number of hydrogen-bond donors (Lipinski definition) is 1. The molecule has 1 aliphatic carbocycles. The van der Waals surface area contributed by atoms with E-state index in [4.69, 9.17) is 4.74 Å². The van der Waals surface area contributed by atoms with Crippen molar-refractivity contribution < 1.29 is 22.3 Å². The summed E-state index contributed by atoms with van der Waals surface area (Å²) in [6, 6.07) is 13.7. The number of hydrogen-bond acceptors (Lipinski definition) is 4. The van der Waals surface area contributed by atoms with Gasteiger partial charge in [0.2, 0.25) is 15.9 Å². The lowest BCUT2D eigenvalue weighted by molar-refractivity contribution is -0.138. The Morgan fingerprint density at radius 3 is 2.53 bits per heavy atom. The average molecular weight is 489 g/mol. The molecule has 1 heterocycles. The van der Waals surface area contributed by atoms with Gasteiger partial charge in [-0.05, 0) is 37.3 Å². The molecule has 1 spiro atoms. The lowest BCUT2D eigenvalue weighted by Crippen LogP contribution is -2.50. The number of carbonyl (C=O) groups excluding carboxylic acids is 1. The van der Waals surface area contributed by atoms with Gasteiger partial charge in [0.05, 0.1) is 24.8 Å². The second-order valence-corrected chi connectivity index (χ2v) is 11.5. The fraction of sp³-hybridized carbons (Fsp3) is 0.500. The molecule has 2 aliphatic rings. The molecule has 3 atom stereocenters. The summed E-state index contributed by atoms with van der Waals surface area (Å²) in [6.45, 7) is 4.99. The topological polar surface area (TPSA) is 75.7 Å². The Kier molecular flexibility index (Phi) is 7.12. The maximum atomic E-state index is 15.7. The summed E-state index contributed by atoms with van der Waals surface area (Å²) in [7, 11) is -3.52. The predicted octanol–water partition coefficient (Wildman–Crippen LogP) is 3.62. The molecule has 184 valence electrons. The van der Waals surface area contributed by atoms with Gasteiger partial charge in [-0.1, -0.05) is 55.5 Å². The van der Waals surface area contributed by atoms with Gasteiger partial charge in [-0.2, -0.15) is 0 Å². The number of likely N-dealkylation sites (tertiary alicyclic amines) is 1. The monoisotopic (exact) mass is 488 g/mol. The standard InChI is InChI=1S/C26H33FN2O4S/c1-4-33-16-18(2)25(30)29-17-26(13-14-26)24(28-34(3,31)32)22(29)15-20-11-8-12-21(23(20)27)19-9-6-5-7-10-19/h5-12,18,22,24,28H,4,13-17H2,1-3H3/t18-,22?,24?/m1/s1. The highest BCUT2D eigenvalue weighted by Gasteiger charge is 2.61. The molecule has 2 aromatic carbocycles. The van der Waals surface area contributed by atoms with E-state index < -0.39 is 22.1 Å². The van der Waals surface area contributed by atoms with Crippen molar-refractivity contribution in [2.75, 3.05) is 26.0 Å². The van der Waals surface area contributed by atoms with Gasteiger partial charge < -0.3 is 9.64 Å². The number of sulfonamides is 1. The summed E-state index contributed by atoms with van der Waals surface area (Å²) < 4.78 is 48.4. The van der Waals surface area contributed by atoms with Crippen LogP contribution in [-0.4, -0.2) is 57.3 Å². The molecule has 2 aromatic rings. The number of ether oxygens (including phenoxy) is 1. The Bertz CT molecular complexity index is 1130. The van der Waals surface area contributed by atoms with Crippen molar-refractivity contribution in [2.24, 2.45) is 11.3 Å². The number of benzene rings is 2. The quantitative estimate of drug-likeness (QED) is 0.585. The van der Waals surface area contributed by atoms with Crippen molar-refractivity contribution in [1.29, 1.82) is 0 Å². The van der Waals surface area contributed by atoms with E-state index in [-0.39, 0.29) is 29.5 Å². The van der Waals surface area contributed by atoms with Crippen molar-refractivity contribution in [3.8, 4) is 11.1 Å². The molecule has 1 saturated heterocycles. The molecular formula is C26H33FN2O4S. The third kappa shape index (κ3) is 5.19. The maximum Gasteiger partial charge on any atom is 0.228 e. The highest BCUT2D eigenvalue weighted by atomic mass is 32.2. The van der Waals surface area contributed by atoms with Crippen LogP contribution in [0, 0.1) is 17.2 Å². The minimum atomic E-state index is -3.52. The van der Waals surface area contributed by atoms with Crippen molar-refractivity contribution >= 4 is 15.9 Å². The Balaban J connectivity index is 1.69. The summed E-state index contributed by atoms with van der Waals surface area (Å²) in [5.74, 6) is -0.781. The Morgan fingerprint density at radius 1 is 1.21 bits per heavy atom. The van der Waals surface area contributed by atoms with E-state index in [0.717, 1.165) is 24.7 Å². The third-order valence-corrected chi connectivity index (χ3v) is 7.71. The van der Waals surface area contributed by atoms with Crippen LogP contribution in [0.1, 0.15) is 32.3 Å². The molecule has 1 amide bonds. The van der Waals surface area contributed by atoms with Gasteiger partial charge in [-0.15, -0.1) is 0 Å². The highest BCUT2D eigenvalue weighted by molar-refractivity contribution is 7.88. The van der Waals surface area contributed by atoms with Gasteiger partial charge in [0, 0.05) is 30.2 Å². The molecule has 0 radical (unpaired) electrons. The second kappa shape index (κ2) is 9.76. The third-order valence-electron chi connectivity index (χ3n) is 7.03. The van der Waals surface area contributed by atoms with Crippen LogP contribution in [-0.2, 0) is 26.0 Å². The molecule has 2 unspecified atom stereocenters. The smallest absolute Gasteiger partial charge is 0.228 e. The zero-order chi connectivity index (χ0) is 24.5. The molecule has 0 aromatic heterocycles. The Hall–Kier alpha value is -2.29. The summed E-state index contributed by atoms with van der Waals surface area (Å²) in [6.07, 6.45) is 3.05. The number of nitrogens with one attached hydrogen (secondary N) is 1. The summed E-state index contributed by atoms with van der Waals surface area (Å²) >= 11 is 0. The van der Waals surface area contributed by atoms with Gasteiger partial charge >= 0.3 is 0 Å². The molecule has 34 heavy (non-hydrogen) atoms. The van der Waals surface area contributed by atoms with Gasteiger partial charge in [-0.3, -0.25) is 4.79 Å². The van der Waals surface area contributed by atoms with E-state index in [1.54, 1.807) is 17.0 Å². The van der Waals surface area contributed by atoms with Crippen LogP contribution in [0.2, 0.25) is 0 Å². The number of nitrogens with zero attached hydrogens (tertiary/aromatic N) is 1. The highest BCUT2D eigenvalue weighted by Crippen LogP contribution is 2.55. The van der Waals surface area contributed by atoms with E-state index in [2.05, 4.69) is 4.72 Å². The van der Waals surface area contributed by atoms with Crippen molar-refractivity contribution in [3.63, 3.8) is 0 Å². The van der Waals surface area contributed by atoms with E-state index >= 15 is 4.39 Å². The molecule has 4 rings (SSSR count). The van der Waals surface area contributed by atoms with Crippen LogP contribution in [0.25, 0.3) is 11.1 Å². The lowest BCUT2D eigenvalue weighted by Gasteiger charge is -2.31. The minimum absolute atomic E-state index is 0.0813. The Labute approximate surface area is 201 Å². The first-order valence-corrected chi connectivity index (χ1v) is 13.7. The molecule has 2 fully saturated rings. The van der Waals surface area contributed by atoms with Crippen LogP contribution in [0.4, 0.5) is 4.39 Å². The van der Waals surface area contributed by atoms with Crippen molar-refractivity contribution in [1.82, 2.24) is 9.62 Å². The van der Waals surface area contributed by atoms with Crippen LogP contribution in [0.5, 0.6) is 0 Å². The second-order valence-electron chi connectivity index (χ2n) is 9.67. The normalized spacial score (nSPS) is 22.2. The summed E-state index contributed by atoms with van der Waals surface area (Å²) in [4.78, 5) is 15.2. The van der Waals surface area contributed by atoms with Crippen LogP contribution < -0.4 is 4.72 Å². The van der Waals surface area contributed by atoms with E-state index in [1.807, 2.05) is 50.2 Å². The molecule has 1 N–H and O–H groups in total. The summed E-state index contributed by atoms with van der Waals surface area (Å²) in [5, 5.41) is 0. The number of carbonyl (C=O) groups is 1. The first-order chi connectivity index (χ1) is 16.1. The van der Waals surface area contributed by atoms with Crippen LogP contribution in [0.3, 0.4) is 0 Å². The number of amides is 1. The van der Waals surface area contributed by atoms with Crippen molar-refractivity contribution in [3.05, 3.63) is 59.9 Å². The Morgan fingerprint density at radius 2 is 1.91 bits per heavy atom. The summed E-state index contributed by atoms with van der Waals surface area (Å²) in [5.41, 5.74) is 1.45. The maximum absolute atomic E-state index is 15.7. The van der Waals surface area contributed by atoms with Crippen molar-refractivity contribution in [2.45, 2.75) is 45.2 Å². The molecule has 0 bridgehead atoms. The predicted molar refractivity (Wildman–Crippen MR) is 130 cm³/mol. The molecule has 6 nitrogen and oxygen atoms in total. The van der Waals surface area contributed by atoms with Gasteiger partial charge in [-0.25, -0.2) is 17.5 Å². The SMILES string of the molecule is CCOC[C@@H](C)C(=O)N1CC2(CC2)C(NS(C)(=O)=O)C1Cc1cccc(-c2ccccc2)c1F. The minimum Gasteiger partial charge on any atom is -0.381 e. The molecular weight excluding hydrogens is 455 g/mol. The largest absolute Gasteiger partial charge is 0.381 e. The molecule has 8 heteroatoms. The van der Waals surface area contributed by atoms with Crippen LogP contribution >= 0.6 is 0 Å². The van der Waals surface area contributed by atoms with Gasteiger partial charge in [0.15, 0.2) is 0 Å². The fourth-order valence-corrected chi connectivity index (χ4v) is 6.00. The van der Waals surface area contributed by atoms with Gasteiger partial charge in [0.1, 0.15) is 5.82 Å². The van der Waals surface area contributed by atoms with Gasteiger partial charge in [0.25, 0.3) is 0 Å². The first kappa shape index (κ1) is 24.8.